The molecule has 5 heteroatoms. The van der Waals surface area contributed by atoms with Gasteiger partial charge in [-0.15, -0.1) is 0 Å². The number of halogens is 1. The summed E-state index contributed by atoms with van der Waals surface area (Å²) in [5, 5.41) is 9.62. The number of nitrogens with zero attached hydrogens (tertiary/aromatic N) is 1. The number of carbonyl (C=O) groups is 2. The first-order valence-corrected chi connectivity index (χ1v) is 5.17. The Kier molecular flexibility index (Phi) is 4.31. The molecule has 0 aliphatic rings. The molecule has 0 aliphatic carbocycles. The van der Waals surface area contributed by atoms with Crippen molar-refractivity contribution in [2.45, 2.75) is 13.0 Å². The molecule has 0 saturated heterocycles. The first kappa shape index (κ1) is 12.5. The molecule has 0 spiro atoms. The normalized spacial score (nSPS) is 11.9. The highest BCUT2D eigenvalue weighted by atomic mass is 35.5. The van der Waals surface area contributed by atoms with Gasteiger partial charge in [-0.1, -0.05) is 23.7 Å². The van der Waals surface area contributed by atoms with E-state index in [0.29, 0.717) is 23.5 Å². The largest absolute Gasteiger partial charge is 0.479 e. The van der Waals surface area contributed by atoms with Gasteiger partial charge >= 0.3 is 5.97 Å². The van der Waals surface area contributed by atoms with Gasteiger partial charge in [-0.25, -0.2) is 4.79 Å². The van der Waals surface area contributed by atoms with E-state index < -0.39 is 12.0 Å². The first-order valence-electron chi connectivity index (χ1n) is 4.79. The summed E-state index contributed by atoms with van der Waals surface area (Å²) in [7, 11) is 0. The van der Waals surface area contributed by atoms with Crippen molar-refractivity contribution in [3.8, 4) is 0 Å². The third kappa shape index (κ3) is 2.73. The van der Waals surface area contributed by atoms with Crippen LogP contribution in [0.25, 0.3) is 0 Å². The molecule has 0 bridgehead atoms. The van der Waals surface area contributed by atoms with Gasteiger partial charge in [0.15, 0.2) is 6.04 Å². The minimum Gasteiger partial charge on any atom is -0.479 e. The van der Waals surface area contributed by atoms with E-state index in [0.717, 1.165) is 0 Å². The minimum absolute atomic E-state index is 0.336. The summed E-state index contributed by atoms with van der Waals surface area (Å²) in [6.07, 6.45) is 0.535. The molecule has 86 valence electrons. The van der Waals surface area contributed by atoms with Gasteiger partial charge in [0.25, 0.3) is 0 Å². The number of hydrogen-bond acceptors (Lipinski definition) is 2. The molecular weight excluding hydrogens is 230 g/mol. The second kappa shape index (κ2) is 5.51. The number of amides is 1. The van der Waals surface area contributed by atoms with Crippen LogP contribution in [-0.4, -0.2) is 28.9 Å². The third-order valence-electron chi connectivity index (χ3n) is 2.25. The molecule has 0 fully saturated rings. The van der Waals surface area contributed by atoms with Crippen molar-refractivity contribution in [1.29, 1.82) is 0 Å². The van der Waals surface area contributed by atoms with Crippen molar-refractivity contribution >= 4 is 24.0 Å². The average molecular weight is 242 g/mol. The molecule has 1 rings (SSSR count). The van der Waals surface area contributed by atoms with E-state index >= 15 is 0 Å². The van der Waals surface area contributed by atoms with Crippen molar-refractivity contribution in [2.24, 2.45) is 0 Å². The van der Waals surface area contributed by atoms with Crippen LogP contribution in [0.3, 0.4) is 0 Å². The van der Waals surface area contributed by atoms with Gasteiger partial charge in [-0.3, -0.25) is 4.79 Å². The average Bonchev–Trinajstić information content (AvgIpc) is 2.27. The van der Waals surface area contributed by atoms with E-state index in [9.17, 15) is 9.59 Å². The Bertz CT molecular complexity index is 377. The number of aliphatic carboxylic acids is 1. The third-order valence-corrected chi connectivity index (χ3v) is 2.50. The first-order chi connectivity index (χ1) is 7.60. The minimum atomic E-state index is -1.06. The molecule has 1 N–H and O–H groups in total. The maximum absolute atomic E-state index is 11.1. The maximum Gasteiger partial charge on any atom is 0.331 e. The second-order valence-electron chi connectivity index (χ2n) is 3.23. The number of carbonyl (C=O) groups excluding carboxylic acids is 1. The topological polar surface area (TPSA) is 57.6 Å². The lowest BCUT2D eigenvalue weighted by atomic mass is 10.1. The summed E-state index contributed by atoms with van der Waals surface area (Å²) in [5.74, 6) is -1.06. The van der Waals surface area contributed by atoms with Crippen LogP contribution >= 0.6 is 11.6 Å². The van der Waals surface area contributed by atoms with Crippen LogP contribution in [0.5, 0.6) is 0 Å². The quantitative estimate of drug-likeness (QED) is 0.802. The fraction of sp³-hybridized carbons (Fsp3) is 0.273. The molecule has 0 radical (unpaired) electrons. The monoisotopic (exact) mass is 241 g/mol. The molecule has 0 aliphatic heterocycles. The standard InChI is InChI=1S/C11H12ClNO3/c1-2-13(7-14)10(11(15)16)8-3-5-9(12)6-4-8/h3-7,10H,2H2,1H3,(H,15,16). The summed E-state index contributed by atoms with van der Waals surface area (Å²) < 4.78 is 0. The lowest BCUT2D eigenvalue weighted by molar-refractivity contribution is -0.146. The summed E-state index contributed by atoms with van der Waals surface area (Å²) in [4.78, 5) is 23.1. The number of benzene rings is 1. The van der Waals surface area contributed by atoms with Crippen LogP contribution < -0.4 is 0 Å². The molecule has 1 aromatic rings. The van der Waals surface area contributed by atoms with E-state index in [1.165, 1.54) is 4.90 Å². The van der Waals surface area contributed by atoms with Crippen LogP contribution in [0.1, 0.15) is 18.5 Å². The van der Waals surface area contributed by atoms with Gasteiger partial charge in [0.2, 0.25) is 6.41 Å². The zero-order chi connectivity index (χ0) is 12.1. The number of likely N-dealkylation sites (N-methyl/N-ethyl adjacent to an activating group) is 1. The number of carboxylic acid groups (broad SMARTS) is 1. The highest BCUT2D eigenvalue weighted by Gasteiger charge is 2.25. The molecule has 4 nitrogen and oxygen atoms in total. The lowest BCUT2D eigenvalue weighted by Crippen LogP contribution is -2.32. The fourth-order valence-corrected chi connectivity index (χ4v) is 1.56. The lowest BCUT2D eigenvalue weighted by Gasteiger charge is -2.23. The summed E-state index contributed by atoms with van der Waals surface area (Å²) in [6.45, 7) is 2.06. The molecule has 1 atom stereocenters. The predicted octanol–water partition coefficient (Wildman–Crippen LogP) is 1.94. The Hall–Kier alpha value is -1.55. The van der Waals surface area contributed by atoms with Crippen LogP contribution in [0, 0.1) is 0 Å². The summed E-state index contributed by atoms with van der Waals surface area (Å²) >= 11 is 5.71. The second-order valence-corrected chi connectivity index (χ2v) is 3.66. The van der Waals surface area contributed by atoms with Gasteiger partial charge in [0.05, 0.1) is 0 Å². The Labute approximate surface area is 98.4 Å². The van der Waals surface area contributed by atoms with Gasteiger partial charge in [-0.2, -0.15) is 0 Å². The molecule has 1 unspecified atom stereocenters. The van der Waals surface area contributed by atoms with E-state index in [4.69, 9.17) is 16.7 Å². The number of carboxylic acids is 1. The Morgan fingerprint density at radius 2 is 2.06 bits per heavy atom. The Morgan fingerprint density at radius 1 is 1.50 bits per heavy atom. The van der Waals surface area contributed by atoms with Gasteiger partial charge in [0, 0.05) is 11.6 Å². The molecular formula is C11H12ClNO3. The fourth-order valence-electron chi connectivity index (χ4n) is 1.44. The predicted molar refractivity (Wildman–Crippen MR) is 60.3 cm³/mol. The summed E-state index contributed by atoms with van der Waals surface area (Å²) in [5.41, 5.74) is 0.533. The van der Waals surface area contributed by atoms with Gasteiger partial charge < -0.3 is 10.0 Å². The van der Waals surface area contributed by atoms with Crippen molar-refractivity contribution in [2.75, 3.05) is 6.54 Å². The van der Waals surface area contributed by atoms with E-state index in [1.807, 2.05) is 0 Å². The van der Waals surface area contributed by atoms with Crippen LogP contribution in [-0.2, 0) is 9.59 Å². The highest BCUT2D eigenvalue weighted by molar-refractivity contribution is 6.30. The molecule has 0 saturated carbocycles. The number of rotatable bonds is 5. The molecule has 1 aromatic carbocycles. The van der Waals surface area contributed by atoms with Crippen LogP contribution in [0.15, 0.2) is 24.3 Å². The zero-order valence-electron chi connectivity index (χ0n) is 8.76. The van der Waals surface area contributed by atoms with Crippen LogP contribution in [0.4, 0.5) is 0 Å². The van der Waals surface area contributed by atoms with Crippen molar-refractivity contribution < 1.29 is 14.7 Å². The zero-order valence-corrected chi connectivity index (χ0v) is 9.52. The van der Waals surface area contributed by atoms with Crippen LogP contribution in [0.2, 0.25) is 5.02 Å². The molecule has 1 amide bonds. The van der Waals surface area contributed by atoms with E-state index in [-0.39, 0.29) is 0 Å². The Balaban J connectivity index is 3.06. The van der Waals surface area contributed by atoms with Gasteiger partial charge in [-0.05, 0) is 24.6 Å². The maximum atomic E-state index is 11.1. The van der Waals surface area contributed by atoms with E-state index in [2.05, 4.69) is 0 Å². The van der Waals surface area contributed by atoms with Crippen molar-refractivity contribution in [3.05, 3.63) is 34.9 Å². The van der Waals surface area contributed by atoms with Crippen molar-refractivity contribution in [3.63, 3.8) is 0 Å². The highest BCUT2D eigenvalue weighted by Crippen LogP contribution is 2.21. The SMILES string of the molecule is CCN(C=O)C(C(=O)O)c1ccc(Cl)cc1. The van der Waals surface area contributed by atoms with E-state index in [1.54, 1.807) is 31.2 Å². The number of hydrogen-bond donors (Lipinski definition) is 1. The van der Waals surface area contributed by atoms with Crippen molar-refractivity contribution in [1.82, 2.24) is 4.90 Å². The molecule has 0 heterocycles. The molecule has 16 heavy (non-hydrogen) atoms. The smallest absolute Gasteiger partial charge is 0.331 e. The van der Waals surface area contributed by atoms with Gasteiger partial charge in [0.1, 0.15) is 0 Å². The summed E-state index contributed by atoms with van der Waals surface area (Å²) in [6, 6.07) is 5.46. The molecule has 0 aromatic heterocycles. The Morgan fingerprint density at radius 3 is 2.44 bits per heavy atom.